The number of carbonyl (C=O) groups excluding carboxylic acids is 3. The largest absolute Gasteiger partial charge is 0.539 e. The first-order valence-electron chi connectivity index (χ1n) is 10.6. The van der Waals surface area contributed by atoms with Crippen LogP contribution in [0.2, 0.25) is 0 Å². The first-order valence-corrected chi connectivity index (χ1v) is 11.0. The van der Waals surface area contributed by atoms with Crippen LogP contribution in [0.1, 0.15) is 28.0 Å². The molecule has 1 fully saturated rings. The molecule has 0 radical (unpaired) electrons. The Morgan fingerprint density at radius 3 is 2.43 bits per heavy atom. The number of nitrogens with two attached hydrogens (primary N) is 1. The summed E-state index contributed by atoms with van der Waals surface area (Å²) in [4.78, 5) is 40.4. The van der Waals surface area contributed by atoms with Crippen LogP contribution in [0.15, 0.2) is 53.1 Å². The molecule has 3 aromatic rings. The van der Waals surface area contributed by atoms with E-state index in [4.69, 9.17) is 22.5 Å². The number of hydrogen-bond acceptors (Lipinski definition) is 7. The molecule has 12 heteroatoms. The second-order valence-electron chi connectivity index (χ2n) is 8.06. The maximum atomic E-state index is 13.5. The molecule has 0 bridgehead atoms. The number of primary amides is 1. The number of aromatic nitrogens is 2. The molecule has 1 aliphatic rings. The average molecular weight is 495 g/mol. The Labute approximate surface area is 205 Å². The third-order valence-corrected chi connectivity index (χ3v) is 6.05. The van der Waals surface area contributed by atoms with Crippen LogP contribution in [-0.2, 0) is 23.2 Å². The summed E-state index contributed by atoms with van der Waals surface area (Å²) in [7, 11) is 1.54. The quantitative estimate of drug-likeness (QED) is 0.357. The molecule has 1 aromatic heterocycles. The summed E-state index contributed by atoms with van der Waals surface area (Å²) in [6.45, 7) is 1.85. The minimum atomic E-state index is -0.969. The highest BCUT2D eigenvalue weighted by Gasteiger charge is 2.45. The molecule has 3 N–H and O–H groups in total. The minimum Gasteiger partial charge on any atom is -0.539 e. The summed E-state index contributed by atoms with van der Waals surface area (Å²) < 4.78 is 5.96. The highest BCUT2D eigenvalue weighted by atomic mass is 32.1. The van der Waals surface area contributed by atoms with E-state index in [1.807, 2.05) is 19.1 Å². The fraction of sp³-hybridized carbons (Fsp3) is 0.217. The van der Waals surface area contributed by atoms with E-state index < -0.39 is 29.7 Å². The highest BCUT2D eigenvalue weighted by molar-refractivity contribution is 7.80. The second-order valence-corrected chi connectivity index (χ2v) is 8.43. The Balaban J connectivity index is 1.59. The lowest BCUT2D eigenvalue weighted by Gasteiger charge is -2.22. The highest BCUT2D eigenvalue weighted by Crippen LogP contribution is 2.29. The summed E-state index contributed by atoms with van der Waals surface area (Å²) in [6.07, 6.45) is -0.234. The van der Waals surface area contributed by atoms with E-state index in [-0.39, 0.29) is 23.8 Å². The molecule has 35 heavy (non-hydrogen) atoms. The van der Waals surface area contributed by atoms with Gasteiger partial charge in [-0.1, -0.05) is 22.4 Å². The zero-order valence-electron chi connectivity index (χ0n) is 18.9. The van der Waals surface area contributed by atoms with Gasteiger partial charge in [0.2, 0.25) is 11.8 Å². The molecule has 1 aliphatic heterocycles. The summed E-state index contributed by atoms with van der Waals surface area (Å²) in [6, 6.07) is 12.3. The molecule has 2 aromatic carbocycles. The van der Waals surface area contributed by atoms with Crippen LogP contribution < -0.4 is 25.7 Å². The molecular weight excluding hydrogens is 472 g/mol. The minimum absolute atomic E-state index is 0.0724. The van der Waals surface area contributed by atoms with Gasteiger partial charge < -0.3 is 25.6 Å². The van der Waals surface area contributed by atoms with Crippen LogP contribution in [0.25, 0.3) is 0 Å². The lowest BCUT2D eigenvalue weighted by molar-refractivity contribution is -0.746. The Morgan fingerprint density at radius 1 is 1.20 bits per heavy atom. The van der Waals surface area contributed by atoms with Gasteiger partial charge in [-0.2, -0.15) is 0 Å². The van der Waals surface area contributed by atoms with Crippen LogP contribution in [0.4, 0.5) is 11.4 Å². The molecule has 180 valence electrons. The summed E-state index contributed by atoms with van der Waals surface area (Å²) >= 11 is 5.61. The van der Waals surface area contributed by atoms with Gasteiger partial charge in [-0.15, -0.1) is 0 Å². The monoisotopic (exact) mass is 494 g/mol. The number of amides is 3. The standard InChI is InChI=1S/C23H22N6O5S/c1-13-3-9-16(10-4-13)29-21(32)17(28(23(29)35)12-18-22(33)34-26-27(18)2)11-19(30)25-15-7-5-14(6-8-15)20(24)31/h3-10,17H,11-12H2,1-2H3,(H3-,24,25,26,30,31,33). The number of rotatable bonds is 7. The van der Waals surface area contributed by atoms with Crippen molar-refractivity contribution in [2.45, 2.75) is 25.9 Å². The van der Waals surface area contributed by atoms with Crippen LogP contribution in [0, 0.1) is 6.92 Å². The van der Waals surface area contributed by atoms with E-state index in [9.17, 15) is 19.5 Å². The van der Waals surface area contributed by atoms with Crippen molar-refractivity contribution in [3.63, 3.8) is 0 Å². The number of aryl methyl sites for hydroxylation is 2. The van der Waals surface area contributed by atoms with Crippen LogP contribution in [-0.4, -0.2) is 39.0 Å². The molecule has 2 heterocycles. The first kappa shape index (κ1) is 23.8. The zero-order valence-corrected chi connectivity index (χ0v) is 19.7. The van der Waals surface area contributed by atoms with Gasteiger partial charge in [0.1, 0.15) is 12.6 Å². The molecule has 4 rings (SSSR count). The number of thiocarbonyl (C=S) groups is 1. The van der Waals surface area contributed by atoms with Crippen LogP contribution in [0.5, 0.6) is 5.95 Å². The maximum absolute atomic E-state index is 13.5. The summed E-state index contributed by atoms with van der Waals surface area (Å²) in [5.41, 5.74) is 7.72. The Morgan fingerprint density at radius 2 is 1.86 bits per heavy atom. The predicted octanol–water partition coefficient (Wildman–Crippen LogP) is 0.511. The van der Waals surface area contributed by atoms with Crippen LogP contribution >= 0.6 is 12.2 Å². The normalized spacial score (nSPS) is 15.5. The SMILES string of the molecule is Cc1ccc(N2C(=O)C(CC(=O)Nc3ccc(C(N)=O)cc3)N(Cc3c([O-])on[n+]3C)C2=S)cc1. The number of benzene rings is 2. The van der Waals surface area contributed by atoms with E-state index in [1.165, 1.54) is 45.8 Å². The number of anilines is 2. The van der Waals surface area contributed by atoms with Crippen molar-refractivity contribution in [1.29, 1.82) is 0 Å². The van der Waals surface area contributed by atoms with E-state index in [0.717, 1.165) is 5.56 Å². The smallest absolute Gasteiger partial charge is 0.256 e. The molecule has 0 spiro atoms. The Bertz CT molecular complexity index is 1290. The molecular formula is C23H22N6O5S. The van der Waals surface area contributed by atoms with E-state index in [0.29, 0.717) is 16.9 Å². The van der Waals surface area contributed by atoms with Gasteiger partial charge in [0.15, 0.2) is 18.1 Å². The number of hydrogen-bond donors (Lipinski definition) is 2. The fourth-order valence-electron chi connectivity index (χ4n) is 3.71. The van der Waals surface area contributed by atoms with Gasteiger partial charge >= 0.3 is 0 Å². The molecule has 0 saturated carbocycles. The molecule has 11 nitrogen and oxygen atoms in total. The van der Waals surface area contributed by atoms with E-state index in [2.05, 4.69) is 10.6 Å². The molecule has 3 amide bonds. The fourth-order valence-corrected chi connectivity index (χ4v) is 4.10. The second kappa shape index (κ2) is 9.50. The summed E-state index contributed by atoms with van der Waals surface area (Å²) in [5, 5.41) is 18.6. The van der Waals surface area contributed by atoms with Crippen molar-refractivity contribution in [2.24, 2.45) is 12.8 Å². The Hall–Kier alpha value is -4.32. The van der Waals surface area contributed by atoms with Crippen molar-refractivity contribution in [3.8, 4) is 5.95 Å². The maximum Gasteiger partial charge on any atom is 0.256 e. The van der Waals surface area contributed by atoms with Gasteiger partial charge in [0.05, 0.1) is 17.4 Å². The van der Waals surface area contributed by atoms with Crippen molar-refractivity contribution in [2.75, 3.05) is 10.2 Å². The van der Waals surface area contributed by atoms with Gasteiger partial charge in [-0.05, 0) is 55.5 Å². The van der Waals surface area contributed by atoms with Crippen molar-refractivity contribution >= 4 is 46.4 Å². The summed E-state index contributed by atoms with van der Waals surface area (Å²) in [5.74, 6) is -2.09. The van der Waals surface area contributed by atoms with Gasteiger partial charge in [-0.3, -0.25) is 19.3 Å². The van der Waals surface area contributed by atoms with Gasteiger partial charge in [0, 0.05) is 11.3 Å². The number of carbonyl (C=O) groups is 3. The van der Waals surface area contributed by atoms with Gasteiger partial charge in [-0.25, -0.2) is 0 Å². The Kier molecular flexibility index (Phi) is 6.47. The van der Waals surface area contributed by atoms with Crippen LogP contribution in [0.3, 0.4) is 0 Å². The van der Waals surface area contributed by atoms with Crippen molar-refractivity contribution in [1.82, 2.24) is 10.2 Å². The third-order valence-electron chi connectivity index (χ3n) is 5.64. The lowest BCUT2D eigenvalue weighted by Crippen LogP contribution is -2.42. The first-order chi connectivity index (χ1) is 16.7. The predicted molar refractivity (Wildman–Crippen MR) is 126 cm³/mol. The average Bonchev–Trinajstić information content (AvgIpc) is 3.25. The topological polar surface area (TPSA) is 149 Å². The van der Waals surface area contributed by atoms with E-state index in [1.54, 1.807) is 12.1 Å². The molecule has 1 unspecified atom stereocenters. The van der Waals surface area contributed by atoms with E-state index >= 15 is 0 Å². The number of nitrogens with one attached hydrogen (secondary N) is 1. The van der Waals surface area contributed by atoms with Crippen molar-refractivity contribution < 1.29 is 28.7 Å². The van der Waals surface area contributed by atoms with Gasteiger partial charge in [0.25, 0.3) is 11.6 Å². The third kappa shape index (κ3) is 4.82. The zero-order chi connectivity index (χ0) is 25.3. The molecule has 1 atom stereocenters. The lowest BCUT2D eigenvalue weighted by atomic mass is 10.1. The molecule has 0 aliphatic carbocycles. The number of nitrogens with zero attached hydrogens (tertiary/aromatic N) is 4. The molecule has 1 saturated heterocycles. The van der Waals surface area contributed by atoms with Crippen molar-refractivity contribution in [3.05, 3.63) is 65.4 Å².